The highest BCUT2D eigenvalue weighted by Gasteiger charge is 2.28. The number of aliphatic hydroxyl groups is 1. The molecule has 5 heteroatoms. The first-order valence-electron chi connectivity index (χ1n) is 5.86. The first-order valence-corrected chi connectivity index (χ1v) is 6.65. The van der Waals surface area contributed by atoms with E-state index in [9.17, 15) is 9.50 Å². The summed E-state index contributed by atoms with van der Waals surface area (Å²) in [5, 5.41) is 10.4. The zero-order chi connectivity index (χ0) is 13.6. The fourth-order valence-electron chi connectivity index (χ4n) is 1.94. The highest BCUT2D eigenvalue weighted by Crippen LogP contribution is 2.24. The van der Waals surface area contributed by atoms with Crippen LogP contribution in [0.5, 0.6) is 0 Å². The molecular weight excluding hydrogens is 301 g/mol. The maximum atomic E-state index is 13.7. The predicted octanol–water partition coefficient (Wildman–Crippen LogP) is 2.25. The number of methoxy groups -OCH3 is 1. The van der Waals surface area contributed by atoms with Gasteiger partial charge in [0.2, 0.25) is 0 Å². The quantitative estimate of drug-likeness (QED) is 0.810. The fraction of sp³-hybridized carbons (Fsp3) is 0.538. The van der Waals surface area contributed by atoms with Gasteiger partial charge in [0, 0.05) is 18.0 Å². The molecule has 0 aliphatic rings. The first kappa shape index (κ1) is 15.6. The van der Waals surface area contributed by atoms with E-state index in [4.69, 9.17) is 10.5 Å². The molecule has 1 aromatic carbocycles. The molecule has 1 aromatic rings. The lowest BCUT2D eigenvalue weighted by Crippen LogP contribution is -2.37. The number of hydrogen-bond acceptors (Lipinski definition) is 3. The number of rotatable bonds is 7. The third kappa shape index (κ3) is 4.65. The Labute approximate surface area is 115 Å². The summed E-state index contributed by atoms with van der Waals surface area (Å²) < 4.78 is 19.5. The van der Waals surface area contributed by atoms with E-state index in [0.717, 1.165) is 4.47 Å². The minimum Gasteiger partial charge on any atom is -0.387 e. The number of halogens is 2. The van der Waals surface area contributed by atoms with Crippen LogP contribution in [0.15, 0.2) is 22.7 Å². The molecular formula is C13H19BrFNO2. The predicted molar refractivity (Wildman–Crippen MR) is 72.9 cm³/mol. The van der Waals surface area contributed by atoms with Crippen LogP contribution in [-0.4, -0.2) is 31.0 Å². The average Bonchev–Trinajstić information content (AvgIpc) is 2.32. The van der Waals surface area contributed by atoms with Crippen LogP contribution in [0, 0.1) is 5.82 Å². The first-order chi connectivity index (χ1) is 8.50. The SMILES string of the molecule is COCC(O)(CCCN)Cc1cc(Br)ccc1F. The normalized spacial score (nSPS) is 14.5. The van der Waals surface area contributed by atoms with Gasteiger partial charge in [-0.25, -0.2) is 4.39 Å². The number of nitrogens with two attached hydrogens (primary N) is 1. The van der Waals surface area contributed by atoms with Crippen LogP contribution < -0.4 is 5.73 Å². The molecule has 102 valence electrons. The minimum absolute atomic E-state index is 0.166. The summed E-state index contributed by atoms with van der Waals surface area (Å²) in [6.45, 7) is 0.659. The second-order valence-corrected chi connectivity index (χ2v) is 5.38. The summed E-state index contributed by atoms with van der Waals surface area (Å²) in [6.07, 6.45) is 1.38. The van der Waals surface area contributed by atoms with Gasteiger partial charge in [0.15, 0.2) is 0 Å². The molecule has 0 fully saturated rings. The molecule has 0 spiro atoms. The number of benzene rings is 1. The molecule has 0 heterocycles. The molecule has 0 aliphatic heterocycles. The van der Waals surface area contributed by atoms with Gasteiger partial charge >= 0.3 is 0 Å². The molecule has 18 heavy (non-hydrogen) atoms. The average molecular weight is 320 g/mol. The third-order valence-electron chi connectivity index (χ3n) is 2.79. The highest BCUT2D eigenvalue weighted by atomic mass is 79.9. The van der Waals surface area contributed by atoms with Crippen molar-refractivity contribution in [1.29, 1.82) is 0 Å². The maximum absolute atomic E-state index is 13.7. The summed E-state index contributed by atoms with van der Waals surface area (Å²) in [5.74, 6) is -0.319. The van der Waals surface area contributed by atoms with Crippen LogP contribution in [0.4, 0.5) is 4.39 Å². The van der Waals surface area contributed by atoms with Crippen molar-refractivity contribution >= 4 is 15.9 Å². The van der Waals surface area contributed by atoms with Crippen LogP contribution in [0.1, 0.15) is 18.4 Å². The van der Waals surface area contributed by atoms with Crippen LogP contribution in [0.25, 0.3) is 0 Å². The van der Waals surface area contributed by atoms with Gasteiger partial charge in [-0.05, 0) is 43.1 Å². The van der Waals surface area contributed by atoms with Crippen molar-refractivity contribution in [3.05, 3.63) is 34.1 Å². The van der Waals surface area contributed by atoms with E-state index in [1.54, 1.807) is 12.1 Å². The van der Waals surface area contributed by atoms with Gasteiger partial charge < -0.3 is 15.6 Å². The molecule has 0 aliphatic carbocycles. The second-order valence-electron chi connectivity index (χ2n) is 4.46. The molecule has 0 radical (unpaired) electrons. The third-order valence-corrected chi connectivity index (χ3v) is 3.28. The van der Waals surface area contributed by atoms with Gasteiger partial charge in [-0.1, -0.05) is 15.9 Å². The lowest BCUT2D eigenvalue weighted by Gasteiger charge is -2.27. The van der Waals surface area contributed by atoms with Crippen molar-refractivity contribution in [2.45, 2.75) is 24.9 Å². The van der Waals surface area contributed by atoms with Crippen molar-refractivity contribution in [3.63, 3.8) is 0 Å². The summed E-state index contributed by atoms with van der Waals surface area (Å²) in [4.78, 5) is 0. The molecule has 3 nitrogen and oxygen atoms in total. The van der Waals surface area contributed by atoms with Crippen molar-refractivity contribution in [2.24, 2.45) is 5.73 Å². The molecule has 0 amide bonds. The van der Waals surface area contributed by atoms with Gasteiger partial charge in [0.25, 0.3) is 0 Å². The topological polar surface area (TPSA) is 55.5 Å². The number of ether oxygens (including phenoxy) is 1. The monoisotopic (exact) mass is 319 g/mol. The van der Waals surface area contributed by atoms with Crippen LogP contribution in [0.2, 0.25) is 0 Å². The van der Waals surface area contributed by atoms with Gasteiger partial charge in [-0.2, -0.15) is 0 Å². The number of hydrogen-bond donors (Lipinski definition) is 2. The van der Waals surface area contributed by atoms with E-state index < -0.39 is 5.60 Å². The Morgan fingerprint density at radius 3 is 2.83 bits per heavy atom. The van der Waals surface area contributed by atoms with E-state index in [1.807, 2.05) is 0 Å². The zero-order valence-corrected chi connectivity index (χ0v) is 12.0. The van der Waals surface area contributed by atoms with Crippen molar-refractivity contribution in [3.8, 4) is 0 Å². The van der Waals surface area contributed by atoms with Gasteiger partial charge in [-0.3, -0.25) is 0 Å². The van der Waals surface area contributed by atoms with E-state index >= 15 is 0 Å². The Balaban J connectivity index is 2.84. The molecule has 0 bridgehead atoms. The molecule has 0 aromatic heterocycles. The second kappa shape index (κ2) is 7.19. The Hall–Kier alpha value is -0.490. The Morgan fingerprint density at radius 1 is 1.50 bits per heavy atom. The molecule has 3 N–H and O–H groups in total. The van der Waals surface area contributed by atoms with E-state index in [1.165, 1.54) is 13.2 Å². The summed E-state index contributed by atoms with van der Waals surface area (Å²) in [7, 11) is 1.52. The fourth-order valence-corrected chi connectivity index (χ4v) is 2.35. The molecule has 1 atom stereocenters. The Morgan fingerprint density at radius 2 is 2.22 bits per heavy atom. The van der Waals surface area contributed by atoms with Gasteiger partial charge in [0.1, 0.15) is 5.82 Å². The molecule has 0 saturated heterocycles. The van der Waals surface area contributed by atoms with Crippen LogP contribution in [-0.2, 0) is 11.2 Å². The van der Waals surface area contributed by atoms with Crippen LogP contribution >= 0.6 is 15.9 Å². The smallest absolute Gasteiger partial charge is 0.126 e. The molecule has 0 saturated carbocycles. The van der Waals surface area contributed by atoms with Crippen molar-refractivity contribution < 1.29 is 14.2 Å². The summed E-state index contributed by atoms with van der Waals surface area (Å²) >= 11 is 3.30. The molecule has 1 unspecified atom stereocenters. The van der Waals surface area contributed by atoms with Crippen molar-refractivity contribution in [1.82, 2.24) is 0 Å². The van der Waals surface area contributed by atoms with E-state index in [0.29, 0.717) is 24.9 Å². The van der Waals surface area contributed by atoms with Crippen LogP contribution in [0.3, 0.4) is 0 Å². The largest absolute Gasteiger partial charge is 0.387 e. The zero-order valence-electron chi connectivity index (χ0n) is 10.5. The standard InChI is InChI=1S/C13H19BrFNO2/c1-18-9-13(17,5-2-6-16)8-10-7-11(14)3-4-12(10)15/h3-4,7,17H,2,5-6,8-9,16H2,1H3. The lowest BCUT2D eigenvalue weighted by atomic mass is 9.90. The molecule has 1 rings (SSSR count). The lowest BCUT2D eigenvalue weighted by molar-refractivity contribution is -0.0380. The van der Waals surface area contributed by atoms with Gasteiger partial charge in [0.05, 0.1) is 12.2 Å². The maximum Gasteiger partial charge on any atom is 0.126 e. The minimum atomic E-state index is -1.07. The van der Waals surface area contributed by atoms with Gasteiger partial charge in [-0.15, -0.1) is 0 Å². The Kier molecular flexibility index (Phi) is 6.21. The van der Waals surface area contributed by atoms with Crippen molar-refractivity contribution in [2.75, 3.05) is 20.3 Å². The van der Waals surface area contributed by atoms with E-state index in [-0.39, 0.29) is 18.8 Å². The highest BCUT2D eigenvalue weighted by molar-refractivity contribution is 9.10. The summed E-state index contributed by atoms with van der Waals surface area (Å²) in [5.41, 5.74) is 4.85. The summed E-state index contributed by atoms with van der Waals surface area (Å²) in [6, 6.07) is 4.70. The van der Waals surface area contributed by atoms with E-state index in [2.05, 4.69) is 15.9 Å². The Bertz CT molecular complexity index is 389.